The van der Waals surface area contributed by atoms with E-state index in [0.29, 0.717) is 27.2 Å². The fourth-order valence-electron chi connectivity index (χ4n) is 4.34. The molecule has 4 aromatic rings. The molecular formula is C28H22F3N3O6S2. The highest BCUT2D eigenvalue weighted by atomic mass is 32.2. The van der Waals surface area contributed by atoms with E-state index in [1.165, 1.54) is 35.6 Å². The van der Waals surface area contributed by atoms with Crippen molar-refractivity contribution in [2.75, 3.05) is 5.32 Å². The number of carbonyl (C=O) groups excluding carboxylic acids is 1. The van der Waals surface area contributed by atoms with Gasteiger partial charge in [-0.2, -0.15) is 17.5 Å². The Morgan fingerprint density at radius 3 is 2.33 bits per heavy atom. The molecule has 1 aliphatic rings. The van der Waals surface area contributed by atoms with Crippen molar-refractivity contribution < 1.29 is 41.0 Å². The number of thiophene rings is 1. The van der Waals surface area contributed by atoms with Gasteiger partial charge < -0.3 is 15.2 Å². The van der Waals surface area contributed by atoms with E-state index in [1.807, 2.05) is 0 Å². The molecule has 1 aliphatic heterocycles. The van der Waals surface area contributed by atoms with E-state index in [9.17, 15) is 36.3 Å². The number of hydrogen-bond donors (Lipinski definition) is 2. The van der Waals surface area contributed by atoms with E-state index >= 15 is 0 Å². The number of rotatable bonds is 8. The van der Waals surface area contributed by atoms with Crippen molar-refractivity contribution in [2.45, 2.75) is 37.0 Å². The Morgan fingerprint density at radius 1 is 1.10 bits per heavy atom. The Labute approximate surface area is 242 Å². The summed E-state index contributed by atoms with van der Waals surface area (Å²) in [5.41, 5.74) is 0.644. The topological polar surface area (TPSA) is 126 Å². The highest BCUT2D eigenvalue weighted by Gasteiger charge is 2.43. The lowest BCUT2D eigenvalue weighted by atomic mass is 10.1. The van der Waals surface area contributed by atoms with E-state index in [4.69, 9.17) is 4.74 Å². The maximum atomic E-state index is 13.0. The highest BCUT2D eigenvalue weighted by Crippen LogP contribution is 2.42. The van der Waals surface area contributed by atoms with E-state index in [-0.39, 0.29) is 29.5 Å². The zero-order valence-corrected chi connectivity index (χ0v) is 23.4. The molecule has 2 aromatic carbocycles. The number of carboxylic acid groups (broad SMARTS) is 1. The van der Waals surface area contributed by atoms with Crippen LogP contribution < -0.4 is 10.1 Å². The molecule has 0 bridgehead atoms. The Hall–Kier alpha value is -4.27. The van der Waals surface area contributed by atoms with E-state index < -0.39 is 39.7 Å². The van der Waals surface area contributed by atoms with Crippen LogP contribution in [0.1, 0.15) is 34.1 Å². The van der Waals surface area contributed by atoms with Gasteiger partial charge in [0, 0.05) is 33.3 Å². The molecule has 5 rings (SSSR count). The van der Waals surface area contributed by atoms with Crippen molar-refractivity contribution in [2.24, 2.45) is 0 Å². The van der Waals surface area contributed by atoms with Crippen molar-refractivity contribution in [3.8, 4) is 22.1 Å². The predicted octanol–water partition coefficient (Wildman–Crippen LogP) is 6.24. The Morgan fingerprint density at radius 2 is 1.79 bits per heavy atom. The lowest BCUT2D eigenvalue weighted by molar-refractivity contribution is -0.141. The standard InChI is InChI=1S/C28H22F3N3O6S2/c1-2-21(27(36)37)34-15-23-24(42(34,38)39)13-22(41-23)16-3-8-19(9-4-16)33-26(35)17-5-10-20(11-6-17)40-25-12-7-18(14-32-25)28(29,30)31/h3-14,21H,2,15H2,1H3,(H,33,35)(H,36,37). The second-order valence-electron chi connectivity index (χ2n) is 9.25. The first-order valence-electron chi connectivity index (χ1n) is 12.5. The maximum Gasteiger partial charge on any atom is 0.417 e. The van der Waals surface area contributed by atoms with Crippen molar-refractivity contribution >= 4 is 38.9 Å². The quantitative estimate of drug-likeness (QED) is 0.240. The third kappa shape index (κ3) is 5.86. The SMILES string of the molecule is CCC(C(=O)O)N1Cc2sc(-c3ccc(NC(=O)c4ccc(Oc5ccc(C(F)(F)F)cn5)cc4)cc3)cc2S1(=O)=O. The van der Waals surface area contributed by atoms with Crippen LogP contribution in [0.3, 0.4) is 0 Å². The summed E-state index contributed by atoms with van der Waals surface area (Å²) in [6.07, 6.45) is -3.67. The second-order valence-corrected chi connectivity index (χ2v) is 12.2. The molecule has 0 saturated heterocycles. The number of halogens is 3. The molecule has 9 nitrogen and oxygen atoms in total. The molecular weight excluding hydrogens is 595 g/mol. The minimum Gasteiger partial charge on any atom is -0.480 e. The Bertz CT molecular complexity index is 1740. The molecule has 218 valence electrons. The number of nitrogens with zero attached hydrogens (tertiary/aromatic N) is 2. The van der Waals surface area contributed by atoms with Gasteiger partial charge in [-0.1, -0.05) is 19.1 Å². The van der Waals surface area contributed by atoms with Gasteiger partial charge in [0.15, 0.2) is 0 Å². The number of carboxylic acids is 1. The Kier molecular flexibility index (Phi) is 7.79. The van der Waals surface area contributed by atoms with Crippen LogP contribution in [0.15, 0.2) is 77.8 Å². The van der Waals surface area contributed by atoms with Gasteiger partial charge in [-0.25, -0.2) is 13.4 Å². The van der Waals surface area contributed by atoms with E-state index in [2.05, 4.69) is 10.3 Å². The number of benzene rings is 2. The molecule has 1 atom stereocenters. The molecule has 1 unspecified atom stereocenters. The zero-order valence-electron chi connectivity index (χ0n) is 21.8. The molecule has 0 saturated carbocycles. The van der Waals surface area contributed by atoms with Crippen molar-refractivity contribution in [1.82, 2.24) is 9.29 Å². The first-order chi connectivity index (χ1) is 19.9. The molecule has 14 heteroatoms. The van der Waals surface area contributed by atoms with Crippen LogP contribution in [0.2, 0.25) is 0 Å². The van der Waals surface area contributed by atoms with Crippen LogP contribution in [-0.2, 0) is 27.5 Å². The number of aliphatic carboxylic acids is 1. The molecule has 2 aromatic heterocycles. The number of aromatic nitrogens is 1. The molecule has 0 spiro atoms. The number of alkyl halides is 3. The predicted molar refractivity (Wildman–Crippen MR) is 148 cm³/mol. The average molecular weight is 618 g/mol. The zero-order chi connectivity index (χ0) is 30.2. The van der Waals surface area contributed by atoms with Crippen LogP contribution in [-0.4, -0.2) is 40.7 Å². The van der Waals surface area contributed by atoms with Crippen LogP contribution in [0.25, 0.3) is 10.4 Å². The molecule has 0 fully saturated rings. The molecule has 3 heterocycles. The van der Waals surface area contributed by atoms with Crippen LogP contribution in [0.5, 0.6) is 11.6 Å². The number of fused-ring (bicyclic) bond motifs is 1. The van der Waals surface area contributed by atoms with Gasteiger partial charge in [-0.05, 0) is 60.5 Å². The summed E-state index contributed by atoms with van der Waals surface area (Å²) in [6, 6.07) is 15.2. The summed E-state index contributed by atoms with van der Waals surface area (Å²) >= 11 is 1.27. The van der Waals surface area contributed by atoms with Crippen LogP contribution in [0.4, 0.5) is 18.9 Å². The number of nitrogens with one attached hydrogen (secondary N) is 1. The van der Waals surface area contributed by atoms with Gasteiger partial charge in [0.1, 0.15) is 11.8 Å². The number of pyridine rings is 1. The number of anilines is 1. The summed E-state index contributed by atoms with van der Waals surface area (Å²) in [5, 5.41) is 12.2. The van der Waals surface area contributed by atoms with Gasteiger partial charge in [0.05, 0.1) is 17.0 Å². The number of sulfonamides is 1. The van der Waals surface area contributed by atoms with Crippen molar-refractivity contribution in [1.29, 1.82) is 0 Å². The third-order valence-electron chi connectivity index (χ3n) is 6.51. The number of carbonyl (C=O) groups is 2. The third-order valence-corrected chi connectivity index (χ3v) is 9.72. The molecule has 0 aliphatic carbocycles. The van der Waals surface area contributed by atoms with Crippen LogP contribution >= 0.6 is 11.3 Å². The van der Waals surface area contributed by atoms with Gasteiger partial charge in [-0.3, -0.25) is 9.59 Å². The lowest BCUT2D eigenvalue weighted by Gasteiger charge is -2.21. The summed E-state index contributed by atoms with van der Waals surface area (Å²) < 4.78 is 70.5. The number of amides is 1. The number of ether oxygens (including phenoxy) is 1. The first kappa shape index (κ1) is 29.2. The van der Waals surface area contributed by atoms with Gasteiger partial charge in [0.25, 0.3) is 5.91 Å². The fraction of sp³-hybridized carbons (Fsp3) is 0.179. The molecule has 42 heavy (non-hydrogen) atoms. The smallest absolute Gasteiger partial charge is 0.417 e. The highest BCUT2D eigenvalue weighted by molar-refractivity contribution is 7.89. The van der Waals surface area contributed by atoms with Crippen molar-refractivity contribution in [3.63, 3.8) is 0 Å². The van der Waals surface area contributed by atoms with Crippen molar-refractivity contribution in [3.05, 3.63) is 88.9 Å². The summed E-state index contributed by atoms with van der Waals surface area (Å²) in [5.74, 6) is -1.35. The fourth-order valence-corrected chi connectivity index (χ4v) is 7.74. The summed E-state index contributed by atoms with van der Waals surface area (Å²) in [7, 11) is -3.92. The van der Waals surface area contributed by atoms with Gasteiger partial charge in [0.2, 0.25) is 15.9 Å². The minimum atomic E-state index is -4.50. The first-order valence-corrected chi connectivity index (χ1v) is 14.7. The van der Waals surface area contributed by atoms with Gasteiger partial charge in [-0.15, -0.1) is 11.3 Å². The minimum absolute atomic E-state index is 0.00591. The summed E-state index contributed by atoms with van der Waals surface area (Å²) in [6.45, 7) is 1.63. The average Bonchev–Trinajstić information content (AvgIpc) is 3.47. The van der Waals surface area contributed by atoms with E-state index in [0.717, 1.165) is 22.0 Å². The van der Waals surface area contributed by atoms with E-state index in [1.54, 1.807) is 37.3 Å². The maximum absolute atomic E-state index is 13.0. The Balaban J connectivity index is 1.22. The molecule has 1 amide bonds. The number of hydrogen-bond acceptors (Lipinski definition) is 7. The normalized spacial score (nSPS) is 15.1. The van der Waals surface area contributed by atoms with Crippen LogP contribution in [0, 0.1) is 0 Å². The largest absolute Gasteiger partial charge is 0.480 e. The molecule has 2 N–H and O–H groups in total. The molecule has 0 radical (unpaired) electrons. The second kappa shape index (κ2) is 11.2. The monoisotopic (exact) mass is 617 g/mol. The van der Waals surface area contributed by atoms with Gasteiger partial charge >= 0.3 is 12.1 Å². The summed E-state index contributed by atoms with van der Waals surface area (Å²) in [4.78, 5) is 29.3. The lowest BCUT2D eigenvalue weighted by Crippen LogP contribution is -2.40.